The lowest BCUT2D eigenvalue weighted by Gasteiger charge is -2.14. The van der Waals surface area contributed by atoms with E-state index < -0.39 is 11.7 Å². The van der Waals surface area contributed by atoms with Gasteiger partial charge in [-0.15, -0.1) is 0 Å². The fourth-order valence-corrected chi connectivity index (χ4v) is 2.58. The molecule has 0 aliphatic rings. The minimum Gasteiger partial charge on any atom is -0.481 e. The fraction of sp³-hybridized carbons (Fsp3) is 0.235. The molecule has 0 aliphatic carbocycles. The highest BCUT2D eigenvalue weighted by molar-refractivity contribution is 6.02. The molecule has 130 valence electrons. The van der Waals surface area contributed by atoms with Crippen LogP contribution >= 0.6 is 0 Å². The third-order valence-electron chi connectivity index (χ3n) is 3.69. The summed E-state index contributed by atoms with van der Waals surface area (Å²) in [4.78, 5) is 15.5. The van der Waals surface area contributed by atoms with E-state index in [0.717, 1.165) is 6.20 Å². The van der Waals surface area contributed by atoms with Gasteiger partial charge in [0.2, 0.25) is 5.88 Å². The number of methoxy groups -OCH3 is 1. The number of hydrogen-bond donors (Lipinski definition) is 2. The predicted molar refractivity (Wildman–Crippen MR) is 92.2 cm³/mol. The number of rotatable bonds is 5. The highest BCUT2D eigenvalue weighted by atomic mass is 19.1. The van der Waals surface area contributed by atoms with Crippen LogP contribution in [0.3, 0.4) is 0 Å². The number of nitrogens with zero attached hydrogens (tertiary/aromatic N) is 3. The van der Waals surface area contributed by atoms with E-state index in [-0.39, 0.29) is 11.6 Å². The van der Waals surface area contributed by atoms with Gasteiger partial charge in [-0.05, 0) is 19.9 Å². The highest BCUT2D eigenvalue weighted by Gasteiger charge is 2.17. The van der Waals surface area contributed by atoms with E-state index >= 15 is 0 Å². The smallest absolute Gasteiger partial charge is 0.252 e. The zero-order valence-electron chi connectivity index (χ0n) is 14.1. The van der Waals surface area contributed by atoms with Crippen molar-refractivity contribution in [3.8, 4) is 17.0 Å². The molecule has 0 spiro atoms. The van der Waals surface area contributed by atoms with E-state index in [1.165, 1.54) is 19.4 Å². The van der Waals surface area contributed by atoms with E-state index in [4.69, 9.17) is 10.5 Å². The molecule has 8 heteroatoms. The molecule has 0 fully saturated rings. The van der Waals surface area contributed by atoms with Gasteiger partial charge in [-0.25, -0.2) is 13.9 Å². The molecule has 0 aromatic carbocycles. The van der Waals surface area contributed by atoms with Crippen LogP contribution in [-0.4, -0.2) is 33.7 Å². The number of carbonyl (C=O) groups excluding carboxylic acids is 1. The standard InChI is InChI=1S/C17H18FN5O2/c1-9(2)22-16-12(17(19)24)6-21-23-8-10(4-14(16)23)11-5-15(25-3)20-7-13(11)18/h4-9,22H,1-3H3,(H2,19,24). The van der Waals surface area contributed by atoms with Gasteiger partial charge in [0.05, 0.1) is 36.3 Å². The number of nitrogens with one attached hydrogen (secondary N) is 1. The number of carbonyl (C=O) groups is 1. The minimum atomic E-state index is -0.585. The molecule has 7 nitrogen and oxygen atoms in total. The van der Waals surface area contributed by atoms with Crippen molar-refractivity contribution in [2.75, 3.05) is 12.4 Å². The van der Waals surface area contributed by atoms with E-state index in [0.29, 0.717) is 28.2 Å². The van der Waals surface area contributed by atoms with Crippen LogP contribution < -0.4 is 15.8 Å². The second-order valence-corrected chi connectivity index (χ2v) is 5.86. The zero-order valence-corrected chi connectivity index (χ0v) is 14.1. The van der Waals surface area contributed by atoms with Crippen LogP contribution in [0.4, 0.5) is 10.1 Å². The van der Waals surface area contributed by atoms with Crippen molar-refractivity contribution in [2.45, 2.75) is 19.9 Å². The highest BCUT2D eigenvalue weighted by Crippen LogP contribution is 2.31. The Morgan fingerprint density at radius 2 is 2.12 bits per heavy atom. The van der Waals surface area contributed by atoms with Gasteiger partial charge in [-0.2, -0.15) is 5.10 Å². The minimum absolute atomic E-state index is 0.0698. The largest absolute Gasteiger partial charge is 0.481 e. The molecule has 3 heterocycles. The number of nitrogens with two attached hydrogens (primary N) is 1. The lowest BCUT2D eigenvalue weighted by Crippen LogP contribution is -2.19. The molecule has 0 saturated carbocycles. The Morgan fingerprint density at radius 1 is 1.36 bits per heavy atom. The van der Waals surface area contributed by atoms with Gasteiger partial charge in [0.25, 0.3) is 5.91 Å². The monoisotopic (exact) mass is 343 g/mol. The number of pyridine rings is 1. The van der Waals surface area contributed by atoms with Gasteiger partial charge in [0, 0.05) is 29.4 Å². The Bertz CT molecular complexity index is 952. The molecule has 1 amide bonds. The molecule has 0 aliphatic heterocycles. The number of primary amides is 1. The summed E-state index contributed by atoms with van der Waals surface area (Å²) in [7, 11) is 1.46. The summed E-state index contributed by atoms with van der Waals surface area (Å²) in [6.07, 6.45) is 4.17. The number of hydrogen-bond acceptors (Lipinski definition) is 5. The summed E-state index contributed by atoms with van der Waals surface area (Å²) in [6, 6.07) is 3.32. The summed E-state index contributed by atoms with van der Waals surface area (Å²) in [5.41, 5.74) is 7.82. The van der Waals surface area contributed by atoms with Gasteiger partial charge >= 0.3 is 0 Å². The third kappa shape index (κ3) is 3.10. The maximum Gasteiger partial charge on any atom is 0.252 e. The van der Waals surface area contributed by atoms with Gasteiger partial charge in [0.1, 0.15) is 5.82 Å². The first-order valence-electron chi connectivity index (χ1n) is 7.68. The number of ether oxygens (including phenoxy) is 1. The summed E-state index contributed by atoms with van der Waals surface area (Å²) >= 11 is 0. The Hall–Kier alpha value is -3.16. The van der Waals surface area contributed by atoms with Crippen molar-refractivity contribution in [3.05, 3.63) is 42.1 Å². The lowest BCUT2D eigenvalue weighted by molar-refractivity contribution is 0.100. The van der Waals surface area contributed by atoms with Crippen LogP contribution in [0.1, 0.15) is 24.2 Å². The van der Waals surface area contributed by atoms with Crippen LogP contribution in [0.5, 0.6) is 5.88 Å². The molecular weight excluding hydrogens is 325 g/mol. The Morgan fingerprint density at radius 3 is 2.76 bits per heavy atom. The van der Waals surface area contributed by atoms with Gasteiger partial charge in [0.15, 0.2) is 0 Å². The molecule has 0 unspecified atom stereocenters. The molecule has 25 heavy (non-hydrogen) atoms. The van der Waals surface area contributed by atoms with Crippen molar-refractivity contribution in [3.63, 3.8) is 0 Å². The predicted octanol–water partition coefficient (Wildman–Crippen LogP) is 2.46. The van der Waals surface area contributed by atoms with E-state index in [1.54, 1.807) is 16.8 Å². The topological polar surface area (TPSA) is 94.5 Å². The number of amides is 1. The number of fused-ring (bicyclic) bond motifs is 1. The van der Waals surface area contributed by atoms with Crippen molar-refractivity contribution in [1.82, 2.24) is 14.6 Å². The van der Waals surface area contributed by atoms with Gasteiger partial charge in [-0.1, -0.05) is 0 Å². The molecule has 0 radical (unpaired) electrons. The third-order valence-corrected chi connectivity index (χ3v) is 3.69. The summed E-state index contributed by atoms with van der Waals surface area (Å²) < 4.78 is 20.8. The van der Waals surface area contributed by atoms with Gasteiger partial charge in [-0.3, -0.25) is 4.79 Å². The zero-order chi connectivity index (χ0) is 18.1. The second-order valence-electron chi connectivity index (χ2n) is 5.86. The first-order chi connectivity index (χ1) is 11.9. The Kier molecular flexibility index (Phi) is 4.26. The Labute approximate surface area is 143 Å². The lowest BCUT2D eigenvalue weighted by atomic mass is 10.1. The SMILES string of the molecule is COc1cc(-c2cc3c(NC(C)C)c(C(N)=O)cnn3c2)c(F)cn1. The van der Waals surface area contributed by atoms with Crippen LogP contribution in [0.15, 0.2) is 30.7 Å². The molecule has 0 atom stereocenters. The fourth-order valence-electron chi connectivity index (χ4n) is 2.58. The van der Waals surface area contributed by atoms with Crippen LogP contribution in [0.25, 0.3) is 16.6 Å². The molecule has 3 aromatic rings. The molecule has 0 bridgehead atoms. The molecular formula is C17H18FN5O2. The summed E-state index contributed by atoms with van der Waals surface area (Å²) in [5, 5.41) is 7.40. The first-order valence-corrected chi connectivity index (χ1v) is 7.68. The van der Waals surface area contributed by atoms with Crippen molar-refractivity contribution in [1.29, 1.82) is 0 Å². The van der Waals surface area contributed by atoms with E-state index in [1.807, 2.05) is 13.8 Å². The quantitative estimate of drug-likeness (QED) is 0.742. The summed E-state index contributed by atoms with van der Waals surface area (Å²) in [5.74, 6) is -0.763. The average Bonchev–Trinajstić information content (AvgIpc) is 2.99. The van der Waals surface area contributed by atoms with E-state index in [9.17, 15) is 9.18 Å². The van der Waals surface area contributed by atoms with Crippen LogP contribution in [0, 0.1) is 5.82 Å². The molecule has 3 aromatic heterocycles. The van der Waals surface area contributed by atoms with Gasteiger partial charge < -0.3 is 15.8 Å². The molecule has 3 N–H and O–H groups in total. The first kappa shape index (κ1) is 16.7. The summed E-state index contributed by atoms with van der Waals surface area (Å²) in [6.45, 7) is 3.89. The average molecular weight is 343 g/mol. The number of halogens is 1. The second kappa shape index (κ2) is 6.39. The Balaban J connectivity index is 2.22. The van der Waals surface area contributed by atoms with Crippen molar-refractivity contribution >= 4 is 17.1 Å². The number of anilines is 1. The maximum atomic E-state index is 14.2. The number of aromatic nitrogens is 3. The molecule has 3 rings (SSSR count). The van der Waals surface area contributed by atoms with Crippen molar-refractivity contribution < 1.29 is 13.9 Å². The van der Waals surface area contributed by atoms with Crippen LogP contribution in [0.2, 0.25) is 0 Å². The van der Waals surface area contributed by atoms with E-state index in [2.05, 4.69) is 15.4 Å². The molecule has 0 saturated heterocycles. The normalized spacial score (nSPS) is 11.1. The maximum absolute atomic E-state index is 14.2. The van der Waals surface area contributed by atoms with Crippen molar-refractivity contribution in [2.24, 2.45) is 5.73 Å². The van der Waals surface area contributed by atoms with Crippen LogP contribution in [-0.2, 0) is 0 Å².